The molecule has 0 aliphatic carbocycles. The highest BCUT2D eigenvalue weighted by atomic mass is 16.6. The standard InChI is InChI=1S/C31H42O8/c1-6-10-17-34-19-24(38-29(32)8-3)21-36-28-14-12-13-27-26(28)16-15-23(5)31(27)37-22-25(39-30(33)9-4)20-35-18-11-7-2/h8-9,12-16,24-25H,3-4,6-7,10-11,17-22H2,1-2,5H3. The molecule has 0 radical (unpaired) electrons. The summed E-state index contributed by atoms with van der Waals surface area (Å²) in [6, 6.07) is 9.56. The van der Waals surface area contributed by atoms with Crippen molar-refractivity contribution < 1.29 is 38.0 Å². The quantitative estimate of drug-likeness (QED) is 0.119. The van der Waals surface area contributed by atoms with Crippen molar-refractivity contribution in [2.75, 3.05) is 39.6 Å². The van der Waals surface area contributed by atoms with Gasteiger partial charge >= 0.3 is 11.9 Å². The van der Waals surface area contributed by atoms with E-state index >= 15 is 0 Å². The number of unbranched alkanes of at least 4 members (excludes halogenated alkanes) is 2. The molecule has 214 valence electrons. The Morgan fingerprint density at radius 2 is 1.33 bits per heavy atom. The third-order valence-electron chi connectivity index (χ3n) is 5.80. The Bertz CT molecular complexity index is 1060. The van der Waals surface area contributed by atoms with Crippen LogP contribution in [0.15, 0.2) is 55.6 Å². The number of ether oxygens (including phenoxy) is 6. The number of esters is 2. The maximum atomic E-state index is 11.8. The van der Waals surface area contributed by atoms with Crippen molar-refractivity contribution in [1.29, 1.82) is 0 Å². The lowest BCUT2D eigenvalue weighted by molar-refractivity contribution is -0.148. The van der Waals surface area contributed by atoms with E-state index < -0.39 is 24.1 Å². The summed E-state index contributed by atoms with van der Waals surface area (Å²) in [4.78, 5) is 23.7. The van der Waals surface area contributed by atoms with Gasteiger partial charge < -0.3 is 28.4 Å². The number of hydrogen-bond donors (Lipinski definition) is 0. The molecule has 2 aromatic rings. The van der Waals surface area contributed by atoms with E-state index in [-0.39, 0.29) is 26.4 Å². The highest BCUT2D eigenvalue weighted by Gasteiger charge is 2.19. The Labute approximate surface area is 231 Å². The van der Waals surface area contributed by atoms with E-state index in [1.165, 1.54) is 0 Å². The van der Waals surface area contributed by atoms with E-state index in [0.717, 1.165) is 54.2 Å². The molecule has 0 N–H and O–H groups in total. The molecule has 0 saturated carbocycles. The minimum atomic E-state index is -0.588. The molecule has 8 heteroatoms. The number of carbonyl (C=O) groups excluding carboxylic acids is 2. The lowest BCUT2D eigenvalue weighted by atomic mass is 10.1. The van der Waals surface area contributed by atoms with Gasteiger partial charge in [-0.15, -0.1) is 0 Å². The fourth-order valence-electron chi connectivity index (χ4n) is 3.67. The summed E-state index contributed by atoms with van der Waals surface area (Å²) in [5.41, 5.74) is 0.919. The van der Waals surface area contributed by atoms with Crippen LogP contribution in [0.1, 0.15) is 45.1 Å². The molecule has 8 nitrogen and oxygen atoms in total. The van der Waals surface area contributed by atoms with Gasteiger partial charge in [0.1, 0.15) is 24.7 Å². The molecule has 0 aromatic heterocycles. The van der Waals surface area contributed by atoms with Crippen LogP contribution in [0, 0.1) is 6.92 Å². The van der Waals surface area contributed by atoms with E-state index in [2.05, 4.69) is 27.0 Å². The molecular weight excluding hydrogens is 500 g/mol. The van der Waals surface area contributed by atoms with Crippen molar-refractivity contribution in [3.05, 3.63) is 61.2 Å². The zero-order valence-electron chi connectivity index (χ0n) is 23.4. The van der Waals surface area contributed by atoms with Gasteiger partial charge in [-0.25, -0.2) is 9.59 Å². The minimum absolute atomic E-state index is 0.115. The van der Waals surface area contributed by atoms with Gasteiger partial charge in [-0.1, -0.05) is 64.1 Å². The van der Waals surface area contributed by atoms with Crippen LogP contribution < -0.4 is 9.47 Å². The molecule has 2 aromatic carbocycles. The molecule has 2 unspecified atom stereocenters. The Morgan fingerprint density at radius 3 is 1.87 bits per heavy atom. The summed E-state index contributed by atoms with van der Waals surface area (Å²) in [7, 11) is 0. The third-order valence-corrected chi connectivity index (χ3v) is 5.80. The van der Waals surface area contributed by atoms with Gasteiger partial charge in [-0.05, 0) is 31.4 Å². The van der Waals surface area contributed by atoms with E-state index in [0.29, 0.717) is 24.7 Å². The number of carbonyl (C=O) groups is 2. The molecule has 0 spiro atoms. The topological polar surface area (TPSA) is 89.5 Å². The first kappa shape index (κ1) is 31.9. The van der Waals surface area contributed by atoms with Crippen LogP contribution in [0.4, 0.5) is 0 Å². The van der Waals surface area contributed by atoms with Crippen LogP contribution in [0.5, 0.6) is 11.5 Å². The Kier molecular flexibility index (Phi) is 14.7. The first-order chi connectivity index (χ1) is 18.9. The van der Waals surface area contributed by atoms with E-state index in [9.17, 15) is 9.59 Å². The number of benzene rings is 2. The number of hydrogen-bond acceptors (Lipinski definition) is 8. The molecule has 39 heavy (non-hydrogen) atoms. The van der Waals surface area contributed by atoms with Gasteiger partial charge in [-0.2, -0.15) is 0 Å². The highest BCUT2D eigenvalue weighted by molar-refractivity contribution is 5.94. The van der Waals surface area contributed by atoms with Crippen molar-refractivity contribution >= 4 is 22.7 Å². The summed E-state index contributed by atoms with van der Waals surface area (Å²) in [6.45, 7) is 14.9. The van der Waals surface area contributed by atoms with Gasteiger partial charge in [-0.3, -0.25) is 0 Å². The molecule has 0 saturated heterocycles. The van der Waals surface area contributed by atoms with Crippen molar-refractivity contribution in [2.45, 2.75) is 58.7 Å². The van der Waals surface area contributed by atoms with Gasteiger partial charge in [0.05, 0.1) is 13.2 Å². The Morgan fingerprint density at radius 1 is 0.769 bits per heavy atom. The number of fused-ring (bicyclic) bond motifs is 1. The zero-order valence-corrected chi connectivity index (χ0v) is 23.4. The monoisotopic (exact) mass is 542 g/mol. The Hall–Kier alpha value is -3.36. The van der Waals surface area contributed by atoms with E-state index in [1.54, 1.807) is 0 Å². The van der Waals surface area contributed by atoms with Gasteiger partial charge in [0.25, 0.3) is 0 Å². The molecule has 0 aliphatic rings. The van der Waals surface area contributed by atoms with Crippen LogP contribution in [-0.4, -0.2) is 63.8 Å². The lowest BCUT2D eigenvalue weighted by Gasteiger charge is -2.21. The SMILES string of the molecule is C=CC(=O)OC(COCCCC)COc1cccc2c(OCC(COCCCC)OC(=O)C=C)c(C)ccc12. The van der Waals surface area contributed by atoms with Crippen molar-refractivity contribution in [3.8, 4) is 11.5 Å². The summed E-state index contributed by atoms with van der Waals surface area (Å²) in [6.07, 6.45) is 4.94. The summed E-state index contributed by atoms with van der Waals surface area (Å²) < 4.78 is 34.5. The zero-order chi connectivity index (χ0) is 28.5. The summed E-state index contributed by atoms with van der Waals surface area (Å²) >= 11 is 0. The molecule has 0 aliphatic heterocycles. The van der Waals surface area contributed by atoms with Crippen molar-refractivity contribution in [2.24, 2.45) is 0 Å². The largest absolute Gasteiger partial charge is 0.489 e. The molecule has 0 amide bonds. The average molecular weight is 543 g/mol. The maximum Gasteiger partial charge on any atom is 0.330 e. The Balaban J connectivity index is 2.17. The second-order valence-electron chi connectivity index (χ2n) is 9.07. The first-order valence-electron chi connectivity index (χ1n) is 13.5. The van der Waals surface area contributed by atoms with Gasteiger partial charge in [0.15, 0.2) is 12.2 Å². The second-order valence-corrected chi connectivity index (χ2v) is 9.07. The molecule has 0 heterocycles. The van der Waals surface area contributed by atoms with Gasteiger partial charge in [0, 0.05) is 36.1 Å². The number of aryl methyl sites for hydroxylation is 1. The van der Waals surface area contributed by atoms with Crippen molar-refractivity contribution in [3.63, 3.8) is 0 Å². The van der Waals surface area contributed by atoms with Crippen LogP contribution >= 0.6 is 0 Å². The fourth-order valence-corrected chi connectivity index (χ4v) is 3.67. The van der Waals surface area contributed by atoms with Crippen LogP contribution in [0.25, 0.3) is 10.8 Å². The first-order valence-corrected chi connectivity index (χ1v) is 13.5. The molecular formula is C31H42O8. The van der Waals surface area contributed by atoms with Crippen LogP contribution in [0.3, 0.4) is 0 Å². The lowest BCUT2D eigenvalue weighted by Crippen LogP contribution is -2.29. The molecule has 0 bridgehead atoms. The predicted molar refractivity (Wildman–Crippen MR) is 151 cm³/mol. The smallest absolute Gasteiger partial charge is 0.330 e. The predicted octanol–water partition coefficient (Wildman–Crippen LogP) is 5.73. The number of rotatable bonds is 20. The summed E-state index contributed by atoms with van der Waals surface area (Å²) in [5.74, 6) is 0.211. The highest BCUT2D eigenvalue weighted by Crippen LogP contribution is 2.35. The van der Waals surface area contributed by atoms with E-state index in [4.69, 9.17) is 28.4 Å². The van der Waals surface area contributed by atoms with Crippen molar-refractivity contribution in [1.82, 2.24) is 0 Å². The van der Waals surface area contributed by atoms with E-state index in [1.807, 2.05) is 37.3 Å². The third kappa shape index (κ3) is 11.1. The van der Waals surface area contributed by atoms with Crippen LogP contribution in [0.2, 0.25) is 0 Å². The molecule has 2 rings (SSSR count). The van der Waals surface area contributed by atoms with Gasteiger partial charge in [0.2, 0.25) is 0 Å². The second kappa shape index (κ2) is 18.0. The minimum Gasteiger partial charge on any atom is -0.489 e. The normalized spacial score (nSPS) is 12.4. The molecule has 2 atom stereocenters. The van der Waals surface area contributed by atoms with Crippen LogP contribution in [-0.2, 0) is 28.5 Å². The fraction of sp³-hybridized carbons (Fsp3) is 0.484. The summed E-state index contributed by atoms with van der Waals surface area (Å²) in [5, 5.41) is 1.67. The maximum absolute atomic E-state index is 11.8. The molecule has 0 fully saturated rings. The average Bonchev–Trinajstić information content (AvgIpc) is 2.94.